The van der Waals surface area contributed by atoms with Crippen molar-refractivity contribution in [1.29, 1.82) is 0 Å². The fourth-order valence-electron chi connectivity index (χ4n) is 3.50. The molecular weight excluding hydrogens is 262 g/mol. The molecule has 1 fully saturated rings. The summed E-state index contributed by atoms with van der Waals surface area (Å²) in [5.74, 6) is 1.64. The number of benzene rings is 1. The molecule has 1 aromatic rings. The topological polar surface area (TPSA) is 30.5 Å². The molecule has 0 saturated carbocycles. The monoisotopic (exact) mass is 289 g/mol. The Kier molecular flexibility index (Phi) is 4.23. The molecule has 2 atom stereocenters. The Bertz CT molecular complexity index is 492. The van der Waals surface area contributed by atoms with Crippen LogP contribution in [0.2, 0.25) is 0 Å². The zero-order chi connectivity index (χ0) is 14.9. The summed E-state index contributed by atoms with van der Waals surface area (Å²) in [6.45, 7) is 9.36. The second-order valence-electron chi connectivity index (χ2n) is 6.96. The van der Waals surface area contributed by atoms with Crippen LogP contribution in [0.25, 0.3) is 0 Å². The molecule has 0 spiro atoms. The smallest absolute Gasteiger partial charge is 0.123 e. The first-order chi connectivity index (χ1) is 10.1. The van der Waals surface area contributed by atoms with Crippen LogP contribution < -0.4 is 10.1 Å². The molecule has 0 radical (unpaired) electrons. The fraction of sp³-hybridized carbons (Fsp3) is 0.667. The molecule has 2 heterocycles. The predicted octanol–water partition coefficient (Wildman–Crippen LogP) is 3.48. The van der Waals surface area contributed by atoms with Gasteiger partial charge < -0.3 is 14.8 Å². The SMILES string of the molecule is CCCNC(c1ccc2c(c1)CC(C)(C)O2)C1CCOC1. The molecule has 21 heavy (non-hydrogen) atoms. The van der Waals surface area contributed by atoms with Gasteiger partial charge in [0.25, 0.3) is 0 Å². The van der Waals surface area contributed by atoms with Gasteiger partial charge in [-0.2, -0.15) is 0 Å². The van der Waals surface area contributed by atoms with Crippen molar-refractivity contribution in [3.63, 3.8) is 0 Å². The van der Waals surface area contributed by atoms with Gasteiger partial charge in [0.2, 0.25) is 0 Å². The van der Waals surface area contributed by atoms with Crippen LogP contribution in [0.4, 0.5) is 0 Å². The van der Waals surface area contributed by atoms with Crippen molar-refractivity contribution in [2.24, 2.45) is 5.92 Å². The summed E-state index contributed by atoms with van der Waals surface area (Å²) in [5.41, 5.74) is 2.67. The normalized spacial score (nSPS) is 24.6. The van der Waals surface area contributed by atoms with Crippen molar-refractivity contribution in [3.8, 4) is 5.75 Å². The summed E-state index contributed by atoms with van der Waals surface area (Å²) in [6.07, 6.45) is 3.31. The number of hydrogen-bond acceptors (Lipinski definition) is 3. The maximum atomic E-state index is 5.99. The van der Waals surface area contributed by atoms with Crippen LogP contribution in [0.5, 0.6) is 5.75 Å². The minimum atomic E-state index is -0.0657. The summed E-state index contributed by atoms with van der Waals surface area (Å²) >= 11 is 0. The van der Waals surface area contributed by atoms with E-state index in [4.69, 9.17) is 9.47 Å². The third kappa shape index (κ3) is 3.24. The Balaban J connectivity index is 1.83. The van der Waals surface area contributed by atoms with Gasteiger partial charge in [-0.1, -0.05) is 19.1 Å². The van der Waals surface area contributed by atoms with Crippen molar-refractivity contribution in [2.45, 2.75) is 51.7 Å². The van der Waals surface area contributed by atoms with E-state index >= 15 is 0 Å². The van der Waals surface area contributed by atoms with Crippen LogP contribution >= 0.6 is 0 Å². The lowest BCUT2D eigenvalue weighted by atomic mass is 9.90. The summed E-state index contributed by atoms with van der Waals surface area (Å²) in [4.78, 5) is 0. The second kappa shape index (κ2) is 5.98. The molecular formula is C18H27NO2. The maximum absolute atomic E-state index is 5.99. The molecule has 1 saturated heterocycles. The first-order valence-electron chi connectivity index (χ1n) is 8.22. The Morgan fingerprint density at radius 2 is 2.24 bits per heavy atom. The lowest BCUT2D eigenvalue weighted by molar-refractivity contribution is 0.138. The first-order valence-corrected chi connectivity index (χ1v) is 8.22. The summed E-state index contributed by atoms with van der Waals surface area (Å²) in [7, 11) is 0. The Morgan fingerprint density at radius 1 is 1.38 bits per heavy atom. The summed E-state index contributed by atoms with van der Waals surface area (Å²) in [5, 5.41) is 3.72. The van der Waals surface area contributed by atoms with Crippen molar-refractivity contribution >= 4 is 0 Å². The van der Waals surface area contributed by atoms with E-state index in [1.54, 1.807) is 0 Å². The van der Waals surface area contributed by atoms with Crippen LogP contribution in [-0.2, 0) is 11.2 Å². The largest absolute Gasteiger partial charge is 0.487 e. The second-order valence-corrected chi connectivity index (χ2v) is 6.96. The standard InChI is InChI=1S/C18H27NO2/c1-4-8-19-17(14-7-9-20-12-14)13-5-6-16-15(10-13)11-18(2,3)21-16/h5-6,10,14,17,19H,4,7-9,11-12H2,1-3H3. The van der Waals surface area contributed by atoms with Gasteiger partial charge in [0.1, 0.15) is 11.4 Å². The molecule has 0 amide bonds. The van der Waals surface area contributed by atoms with Gasteiger partial charge in [-0.25, -0.2) is 0 Å². The van der Waals surface area contributed by atoms with Crippen molar-refractivity contribution in [1.82, 2.24) is 5.32 Å². The summed E-state index contributed by atoms with van der Waals surface area (Å²) in [6, 6.07) is 7.12. The highest BCUT2D eigenvalue weighted by Gasteiger charge is 2.32. The van der Waals surface area contributed by atoms with Crippen LogP contribution in [0.15, 0.2) is 18.2 Å². The Hall–Kier alpha value is -1.06. The van der Waals surface area contributed by atoms with E-state index in [0.717, 1.165) is 44.8 Å². The lowest BCUT2D eigenvalue weighted by Gasteiger charge is -2.24. The van der Waals surface area contributed by atoms with Gasteiger partial charge in [-0.05, 0) is 50.4 Å². The lowest BCUT2D eigenvalue weighted by Crippen LogP contribution is -2.29. The molecule has 1 N–H and O–H groups in total. The third-order valence-electron chi connectivity index (χ3n) is 4.50. The zero-order valence-electron chi connectivity index (χ0n) is 13.4. The number of hydrogen-bond donors (Lipinski definition) is 1. The number of fused-ring (bicyclic) bond motifs is 1. The zero-order valence-corrected chi connectivity index (χ0v) is 13.4. The van der Waals surface area contributed by atoms with Crippen LogP contribution in [0.1, 0.15) is 50.8 Å². The molecule has 2 unspecified atom stereocenters. The Morgan fingerprint density at radius 3 is 2.95 bits per heavy atom. The quantitative estimate of drug-likeness (QED) is 0.900. The van der Waals surface area contributed by atoms with Gasteiger partial charge >= 0.3 is 0 Å². The van der Waals surface area contributed by atoms with Gasteiger partial charge in [-0.15, -0.1) is 0 Å². The van der Waals surface area contributed by atoms with E-state index in [-0.39, 0.29) is 5.60 Å². The number of ether oxygens (including phenoxy) is 2. The molecule has 1 aromatic carbocycles. The van der Waals surface area contributed by atoms with Crippen molar-refractivity contribution in [3.05, 3.63) is 29.3 Å². The average Bonchev–Trinajstić information content (AvgIpc) is 3.04. The molecule has 0 aromatic heterocycles. The van der Waals surface area contributed by atoms with Gasteiger partial charge in [-0.3, -0.25) is 0 Å². The molecule has 3 rings (SSSR count). The van der Waals surface area contributed by atoms with Crippen molar-refractivity contribution < 1.29 is 9.47 Å². The Labute approximate surface area is 128 Å². The first kappa shape index (κ1) is 14.9. The van der Waals surface area contributed by atoms with E-state index in [9.17, 15) is 0 Å². The third-order valence-corrected chi connectivity index (χ3v) is 4.50. The minimum Gasteiger partial charge on any atom is -0.487 e. The maximum Gasteiger partial charge on any atom is 0.123 e. The van der Waals surface area contributed by atoms with Crippen molar-refractivity contribution in [2.75, 3.05) is 19.8 Å². The molecule has 2 aliphatic rings. The van der Waals surface area contributed by atoms with E-state index in [1.165, 1.54) is 11.1 Å². The van der Waals surface area contributed by atoms with E-state index in [1.807, 2.05) is 0 Å². The van der Waals surface area contributed by atoms with Gasteiger partial charge in [0.05, 0.1) is 6.61 Å². The van der Waals surface area contributed by atoms with E-state index in [0.29, 0.717) is 12.0 Å². The predicted molar refractivity (Wildman–Crippen MR) is 84.8 cm³/mol. The fourth-order valence-corrected chi connectivity index (χ4v) is 3.50. The van der Waals surface area contributed by atoms with Gasteiger partial charge in [0, 0.05) is 25.0 Å². The van der Waals surface area contributed by atoms with Crippen LogP contribution in [0.3, 0.4) is 0 Å². The molecule has 3 nitrogen and oxygen atoms in total. The average molecular weight is 289 g/mol. The van der Waals surface area contributed by atoms with E-state index < -0.39 is 0 Å². The minimum absolute atomic E-state index is 0.0657. The molecule has 3 heteroatoms. The highest BCUT2D eigenvalue weighted by atomic mass is 16.5. The summed E-state index contributed by atoms with van der Waals surface area (Å²) < 4.78 is 11.6. The molecule has 2 aliphatic heterocycles. The molecule has 0 aliphatic carbocycles. The number of nitrogens with one attached hydrogen (secondary N) is 1. The molecule has 0 bridgehead atoms. The van der Waals surface area contributed by atoms with E-state index in [2.05, 4.69) is 44.3 Å². The molecule has 116 valence electrons. The van der Waals surface area contributed by atoms with Crippen LogP contribution in [0, 0.1) is 5.92 Å². The highest BCUT2D eigenvalue weighted by Crippen LogP contribution is 2.38. The highest BCUT2D eigenvalue weighted by molar-refractivity contribution is 5.42. The van der Waals surface area contributed by atoms with Crippen LogP contribution in [-0.4, -0.2) is 25.4 Å². The number of rotatable bonds is 5. The van der Waals surface area contributed by atoms with Gasteiger partial charge in [0.15, 0.2) is 0 Å².